The van der Waals surface area contributed by atoms with Gasteiger partial charge in [-0.15, -0.1) is 0 Å². The molecule has 0 bridgehead atoms. The molecule has 0 spiro atoms. The minimum absolute atomic E-state index is 0.304. The van der Waals surface area contributed by atoms with E-state index in [0.29, 0.717) is 18.5 Å². The fraction of sp³-hybridized carbons (Fsp3) is 0.615. The van der Waals surface area contributed by atoms with Gasteiger partial charge in [-0.3, -0.25) is 0 Å². The number of nitrogens with zero attached hydrogens (tertiary/aromatic N) is 1. The zero-order valence-electron chi connectivity index (χ0n) is 10.6. The van der Waals surface area contributed by atoms with Gasteiger partial charge in [0.25, 0.3) is 6.43 Å². The Kier molecular flexibility index (Phi) is 5.85. The summed E-state index contributed by atoms with van der Waals surface area (Å²) in [6, 6.07) is 4.14. The Balaban J connectivity index is 1.87. The topological polar surface area (TPSA) is 34.1 Å². The molecule has 1 atom stereocenters. The first-order valence-electron chi connectivity index (χ1n) is 6.41. The zero-order chi connectivity index (χ0) is 13.5. The molecule has 1 aromatic rings. The van der Waals surface area contributed by atoms with E-state index in [9.17, 15) is 8.78 Å². The number of thioether (sulfide) groups is 1. The van der Waals surface area contributed by atoms with Gasteiger partial charge in [0, 0.05) is 30.1 Å². The molecule has 2 rings (SSSR count). The number of ether oxygens (including phenoxy) is 1. The molecule has 2 heterocycles. The van der Waals surface area contributed by atoms with Crippen LogP contribution in [0.25, 0.3) is 0 Å². The molecule has 1 aliphatic heterocycles. The molecule has 19 heavy (non-hydrogen) atoms. The molecule has 0 aromatic carbocycles. The number of alkyl halides is 2. The van der Waals surface area contributed by atoms with Gasteiger partial charge in [0.1, 0.15) is 0 Å². The van der Waals surface area contributed by atoms with Gasteiger partial charge in [-0.25, -0.2) is 13.8 Å². The molecular formula is C13H18F2N2OS. The van der Waals surface area contributed by atoms with Crippen molar-refractivity contribution in [3.05, 3.63) is 23.9 Å². The predicted molar refractivity (Wildman–Crippen MR) is 72.9 cm³/mol. The maximum atomic E-state index is 12.2. The average molecular weight is 288 g/mol. The lowest BCUT2D eigenvalue weighted by Gasteiger charge is -2.22. The second kappa shape index (κ2) is 7.65. The molecule has 1 N–H and O–H groups in total. The largest absolute Gasteiger partial charge is 0.471 e. The van der Waals surface area contributed by atoms with Crippen LogP contribution in [-0.4, -0.2) is 35.6 Å². The number of halogens is 2. The smallest absolute Gasteiger partial charge is 0.272 e. The highest BCUT2D eigenvalue weighted by Gasteiger charge is 2.14. The Hall–Kier alpha value is -0.880. The number of hydrogen-bond acceptors (Lipinski definition) is 4. The van der Waals surface area contributed by atoms with Gasteiger partial charge in [0.05, 0.1) is 0 Å². The van der Waals surface area contributed by atoms with Gasteiger partial charge < -0.3 is 10.1 Å². The SMILES string of the molecule is FC(F)COc1ncccc1CNC1CCCSC1. The molecule has 1 aliphatic rings. The van der Waals surface area contributed by atoms with E-state index >= 15 is 0 Å². The van der Waals surface area contributed by atoms with Crippen LogP contribution in [0.3, 0.4) is 0 Å². The van der Waals surface area contributed by atoms with Crippen LogP contribution in [0.5, 0.6) is 5.88 Å². The maximum Gasteiger partial charge on any atom is 0.272 e. The first-order chi connectivity index (χ1) is 9.25. The van der Waals surface area contributed by atoms with Crippen LogP contribution in [0.2, 0.25) is 0 Å². The first kappa shape index (κ1) is 14.5. The van der Waals surface area contributed by atoms with Gasteiger partial charge in [-0.05, 0) is 24.7 Å². The molecular weight excluding hydrogens is 270 g/mol. The van der Waals surface area contributed by atoms with Crippen LogP contribution in [0.4, 0.5) is 8.78 Å². The molecule has 0 radical (unpaired) electrons. The Bertz CT molecular complexity index is 387. The summed E-state index contributed by atoms with van der Waals surface area (Å²) in [5.74, 6) is 2.64. The minimum Gasteiger partial charge on any atom is -0.471 e. The van der Waals surface area contributed by atoms with Crippen molar-refractivity contribution in [2.45, 2.75) is 31.9 Å². The van der Waals surface area contributed by atoms with Crippen molar-refractivity contribution >= 4 is 11.8 Å². The summed E-state index contributed by atoms with van der Waals surface area (Å²) in [6.45, 7) is 0.000924. The van der Waals surface area contributed by atoms with Crippen molar-refractivity contribution < 1.29 is 13.5 Å². The van der Waals surface area contributed by atoms with E-state index in [1.54, 1.807) is 12.3 Å². The summed E-state index contributed by atoms with van der Waals surface area (Å²) in [5.41, 5.74) is 0.832. The number of rotatable bonds is 6. The summed E-state index contributed by atoms with van der Waals surface area (Å²) < 4.78 is 29.3. The monoisotopic (exact) mass is 288 g/mol. The van der Waals surface area contributed by atoms with E-state index in [4.69, 9.17) is 4.74 Å². The van der Waals surface area contributed by atoms with Crippen LogP contribution in [-0.2, 0) is 6.54 Å². The predicted octanol–water partition coefficient (Wildman–Crippen LogP) is 2.71. The molecule has 1 aromatic heterocycles. The van der Waals surface area contributed by atoms with Crippen molar-refractivity contribution in [3.63, 3.8) is 0 Å². The Morgan fingerprint density at radius 2 is 2.42 bits per heavy atom. The Morgan fingerprint density at radius 3 is 3.16 bits per heavy atom. The lowest BCUT2D eigenvalue weighted by molar-refractivity contribution is 0.0789. The molecule has 106 valence electrons. The van der Waals surface area contributed by atoms with Crippen molar-refractivity contribution in [2.75, 3.05) is 18.1 Å². The molecule has 0 aliphatic carbocycles. The molecule has 3 nitrogen and oxygen atoms in total. The van der Waals surface area contributed by atoms with E-state index < -0.39 is 13.0 Å². The highest BCUT2D eigenvalue weighted by Crippen LogP contribution is 2.19. The Labute approximate surface area is 116 Å². The van der Waals surface area contributed by atoms with Gasteiger partial charge >= 0.3 is 0 Å². The maximum absolute atomic E-state index is 12.2. The molecule has 0 saturated carbocycles. The van der Waals surface area contributed by atoms with E-state index in [2.05, 4.69) is 10.3 Å². The fourth-order valence-corrected chi connectivity index (χ4v) is 3.09. The highest BCUT2D eigenvalue weighted by atomic mass is 32.2. The highest BCUT2D eigenvalue weighted by molar-refractivity contribution is 7.99. The third-order valence-corrected chi connectivity index (χ3v) is 4.15. The normalized spacial score (nSPS) is 19.6. The van der Waals surface area contributed by atoms with Crippen LogP contribution < -0.4 is 10.1 Å². The van der Waals surface area contributed by atoms with E-state index in [0.717, 1.165) is 11.3 Å². The van der Waals surface area contributed by atoms with E-state index in [-0.39, 0.29) is 0 Å². The quantitative estimate of drug-likeness (QED) is 0.873. The van der Waals surface area contributed by atoms with Gasteiger partial charge in [0.2, 0.25) is 5.88 Å². The lowest BCUT2D eigenvalue weighted by Crippen LogP contribution is -2.33. The fourth-order valence-electron chi connectivity index (χ4n) is 1.99. The molecule has 1 saturated heterocycles. The van der Waals surface area contributed by atoms with Crippen molar-refractivity contribution in [1.82, 2.24) is 10.3 Å². The van der Waals surface area contributed by atoms with Gasteiger partial charge in [-0.2, -0.15) is 11.8 Å². The third kappa shape index (κ3) is 4.95. The van der Waals surface area contributed by atoms with Crippen LogP contribution in [0.1, 0.15) is 18.4 Å². The number of aromatic nitrogens is 1. The first-order valence-corrected chi connectivity index (χ1v) is 7.57. The second-order valence-corrected chi connectivity index (χ2v) is 5.61. The number of nitrogens with one attached hydrogen (secondary N) is 1. The molecule has 0 amide bonds. The van der Waals surface area contributed by atoms with Crippen LogP contribution in [0, 0.1) is 0 Å². The summed E-state index contributed by atoms with van der Waals surface area (Å²) in [5, 5.41) is 3.44. The molecule has 1 fully saturated rings. The average Bonchev–Trinajstić information content (AvgIpc) is 2.45. The summed E-state index contributed by atoms with van der Waals surface area (Å²) in [6.07, 6.45) is 1.48. The van der Waals surface area contributed by atoms with Crippen molar-refractivity contribution in [3.8, 4) is 5.88 Å². The lowest BCUT2D eigenvalue weighted by atomic mass is 10.1. The second-order valence-electron chi connectivity index (χ2n) is 4.46. The van der Waals surface area contributed by atoms with E-state index in [1.165, 1.54) is 18.6 Å². The van der Waals surface area contributed by atoms with Gasteiger partial charge in [-0.1, -0.05) is 6.07 Å². The van der Waals surface area contributed by atoms with Crippen molar-refractivity contribution in [1.29, 1.82) is 0 Å². The number of hydrogen-bond donors (Lipinski definition) is 1. The Morgan fingerprint density at radius 1 is 1.53 bits per heavy atom. The third-order valence-electron chi connectivity index (χ3n) is 2.94. The summed E-state index contributed by atoms with van der Waals surface area (Å²) >= 11 is 1.95. The summed E-state index contributed by atoms with van der Waals surface area (Å²) in [4.78, 5) is 4.01. The standard InChI is InChI=1S/C13H18F2N2OS/c14-12(15)8-18-13-10(3-1-5-16-13)7-17-11-4-2-6-19-9-11/h1,3,5,11-12,17H,2,4,6-9H2. The number of pyridine rings is 1. The molecule has 1 unspecified atom stereocenters. The zero-order valence-corrected chi connectivity index (χ0v) is 11.5. The molecule has 6 heteroatoms. The minimum atomic E-state index is -2.47. The summed E-state index contributed by atoms with van der Waals surface area (Å²) in [7, 11) is 0. The van der Waals surface area contributed by atoms with Crippen molar-refractivity contribution in [2.24, 2.45) is 0 Å². The van der Waals surface area contributed by atoms with Crippen LogP contribution >= 0.6 is 11.8 Å². The van der Waals surface area contributed by atoms with Gasteiger partial charge in [0.15, 0.2) is 6.61 Å². The van der Waals surface area contributed by atoms with E-state index in [1.807, 2.05) is 17.8 Å². The van der Waals surface area contributed by atoms with Crippen LogP contribution in [0.15, 0.2) is 18.3 Å².